The van der Waals surface area contributed by atoms with Crippen LogP contribution in [0.5, 0.6) is 5.75 Å². The molecule has 2 aromatic carbocycles. The molecule has 0 radical (unpaired) electrons. The highest BCUT2D eigenvalue weighted by Gasteiger charge is 2.15. The number of benzene rings is 2. The Kier molecular flexibility index (Phi) is 3.93. The molecule has 0 fully saturated rings. The number of ether oxygens (including phenoxy) is 1. The van der Waals surface area contributed by atoms with E-state index in [0.717, 1.165) is 16.5 Å². The number of methoxy groups -OCH3 is 1. The van der Waals surface area contributed by atoms with E-state index in [9.17, 15) is 14.3 Å². The Bertz CT molecular complexity index is 875. The average Bonchev–Trinajstić information content (AvgIpc) is 2.56. The second kappa shape index (κ2) is 6.04. The van der Waals surface area contributed by atoms with E-state index in [2.05, 4.69) is 9.72 Å². The molecule has 0 unspecified atom stereocenters. The molecular formula is C18H14FNO3. The number of carbonyl (C=O) groups excluding carboxylic acids is 1. The number of rotatable bonds is 3. The quantitative estimate of drug-likeness (QED) is 0.753. The Morgan fingerprint density at radius 2 is 1.91 bits per heavy atom. The van der Waals surface area contributed by atoms with E-state index >= 15 is 0 Å². The fourth-order valence-corrected chi connectivity index (χ4v) is 2.44. The summed E-state index contributed by atoms with van der Waals surface area (Å²) < 4.78 is 17.6. The molecule has 1 heterocycles. The number of esters is 1. The zero-order valence-electron chi connectivity index (χ0n) is 12.4. The normalized spacial score (nSPS) is 10.7. The second-order valence-corrected chi connectivity index (χ2v) is 5.17. The van der Waals surface area contributed by atoms with Crippen LogP contribution in [0.1, 0.15) is 21.5 Å². The first-order valence-corrected chi connectivity index (χ1v) is 7.02. The van der Waals surface area contributed by atoms with Gasteiger partial charge in [-0.05, 0) is 41.8 Å². The summed E-state index contributed by atoms with van der Waals surface area (Å²) in [6, 6.07) is 11.4. The summed E-state index contributed by atoms with van der Waals surface area (Å²) in [5.74, 6) is -1.07. The summed E-state index contributed by atoms with van der Waals surface area (Å²) in [5, 5.41) is 10.9. The molecule has 0 atom stereocenters. The third kappa shape index (κ3) is 2.99. The zero-order chi connectivity index (χ0) is 16.4. The monoisotopic (exact) mass is 311 g/mol. The summed E-state index contributed by atoms with van der Waals surface area (Å²) >= 11 is 0. The molecule has 3 aromatic rings. The highest BCUT2D eigenvalue weighted by Crippen LogP contribution is 2.28. The molecule has 0 spiro atoms. The van der Waals surface area contributed by atoms with Gasteiger partial charge in [-0.15, -0.1) is 0 Å². The number of fused-ring (bicyclic) bond motifs is 1. The predicted molar refractivity (Wildman–Crippen MR) is 84.0 cm³/mol. The number of phenols is 1. The molecule has 0 aliphatic rings. The van der Waals surface area contributed by atoms with Crippen molar-refractivity contribution in [3.8, 4) is 5.75 Å². The molecule has 0 aliphatic heterocycles. The van der Waals surface area contributed by atoms with Gasteiger partial charge in [-0.3, -0.25) is 4.98 Å². The highest BCUT2D eigenvalue weighted by molar-refractivity contribution is 5.99. The van der Waals surface area contributed by atoms with E-state index in [1.54, 1.807) is 24.4 Å². The molecule has 116 valence electrons. The van der Waals surface area contributed by atoms with Crippen molar-refractivity contribution in [2.24, 2.45) is 0 Å². The number of halogens is 1. The first kappa shape index (κ1) is 15.0. The Morgan fingerprint density at radius 3 is 2.61 bits per heavy atom. The molecule has 3 rings (SSSR count). The molecule has 1 N–H and O–H groups in total. The van der Waals surface area contributed by atoms with Crippen molar-refractivity contribution in [1.82, 2.24) is 4.98 Å². The molecule has 0 saturated carbocycles. The van der Waals surface area contributed by atoms with E-state index in [1.165, 1.54) is 25.3 Å². The Morgan fingerprint density at radius 1 is 1.17 bits per heavy atom. The topological polar surface area (TPSA) is 59.4 Å². The van der Waals surface area contributed by atoms with Crippen molar-refractivity contribution in [3.05, 3.63) is 71.2 Å². The minimum absolute atomic E-state index is 0.0822. The van der Waals surface area contributed by atoms with E-state index in [4.69, 9.17) is 0 Å². The summed E-state index contributed by atoms with van der Waals surface area (Å²) in [5.41, 5.74) is 2.31. The molecule has 4 nitrogen and oxygen atoms in total. The minimum atomic E-state index is -0.610. The van der Waals surface area contributed by atoms with E-state index in [0.29, 0.717) is 11.9 Å². The van der Waals surface area contributed by atoms with Crippen molar-refractivity contribution < 1.29 is 19.0 Å². The maximum absolute atomic E-state index is 12.9. The molecule has 0 amide bonds. The van der Waals surface area contributed by atoms with Crippen LogP contribution in [0, 0.1) is 5.82 Å². The van der Waals surface area contributed by atoms with Gasteiger partial charge < -0.3 is 9.84 Å². The Hall–Kier alpha value is -2.95. The predicted octanol–water partition coefficient (Wildman–Crippen LogP) is 3.46. The smallest absolute Gasteiger partial charge is 0.341 e. The standard InChI is InChI=1S/C18H14FNO3/c1-23-18(22)15-7-4-13-9-12(10-20-16(13)17(15)21)8-11-2-5-14(19)6-3-11/h2-7,9-10,21H,8H2,1H3. The average molecular weight is 311 g/mol. The van der Waals surface area contributed by atoms with Crippen LogP contribution >= 0.6 is 0 Å². The fourth-order valence-electron chi connectivity index (χ4n) is 2.44. The van der Waals surface area contributed by atoms with Crippen LogP contribution in [0.4, 0.5) is 4.39 Å². The molecule has 1 aromatic heterocycles. The van der Waals surface area contributed by atoms with E-state index in [1.807, 2.05) is 6.07 Å². The van der Waals surface area contributed by atoms with Gasteiger partial charge in [-0.25, -0.2) is 9.18 Å². The fraction of sp³-hybridized carbons (Fsp3) is 0.111. The van der Waals surface area contributed by atoms with Gasteiger partial charge in [-0.1, -0.05) is 18.2 Å². The lowest BCUT2D eigenvalue weighted by atomic mass is 10.0. The van der Waals surface area contributed by atoms with Crippen molar-refractivity contribution in [1.29, 1.82) is 0 Å². The largest absolute Gasteiger partial charge is 0.505 e. The van der Waals surface area contributed by atoms with Crippen LogP contribution in [0.2, 0.25) is 0 Å². The minimum Gasteiger partial charge on any atom is -0.505 e. The van der Waals surface area contributed by atoms with Crippen LogP contribution in [0.15, 0.2) is 48.7 Å². The Balaban J connectivity index is 1.96. The van der Waals surface area contributed by atoms with Crippen LogP contribution in [0.25, 0.3) is 10.9 Å². The van der Waals surface area contributed by atoms with Gasteiger partial charge >= 0.3 is 5.97 Å². The molecule has 0 bridgehead atoms. The number of aromatic hydroxyl groups is 1. The number of hydrogen-bond acceptors (Lipinski definition) is 4. The number of carbonyl (C=O) groups is 1. The van der Waals surface area contributed by atoms with Crippen molar-refractivity contribution in [3.63, 3.8) is 0 Å². The number of nitrogens with zero attached hydrogens (tertiary/aromatic N) is 1. The van der Waals surface area contributed by atoms with Crippen LogP contribution in [-0.4, -0.2) is 23.2 Å². The molecule has 23 heavy (non-hydrogen) atoms. The number of pyridine rings is 1. The maximum Gasteiger partial charge on any atom is 0.341 e. The molecule has 5 heteroatoms. The maximum atomic E-state index is 12.9. The van der Waals surface area contributed by atoms with Gasteiger partial charge in [0.15, 0.2) is 5.75 Å². The Labute approximate surface area is 132 Å². The van der Waals surface area contributed by atoms with Crippen molar-refractivity contribution >= 4 is 16.9 Å². The van der Waals surface area contributed by atoms with Gasteiger partial charge in [0.1, 0.15) is 16.9 Å². The summed E-state index contributed by atoms with van der Waals surface area (Å²) in [4.78, 5) is 15.8. The van der Waals surface area contributed by atoms with E-state index in [-0.39, 0.29) is 17.1 Å². The highest BCUT2D eigenvalue weighted by atomic mass is 19.1. The van der Waals surface area contributed by atoms with Crippen LogP contribution in [0.3, 0.4) is 0 Å². The van der Waals surface area contributed by atoms with Crippen LogP contribution in [-0.2, 0) is 11.2 Å². The molecule has 0 aliphatic carbocycles. The molecule has 0 saturated heterocycles. The van der Waals surface area contributed by atoms with Crippen molar-refractivity contribution in [2.45, 2.75) is 6.42 Å². The third-order valence-corrected chi connectivity index (χ3v) is 3.61. The second-order valence-electron chi connectivity index (χ2n) is 5.17. The number of hydrogen-bond donors (Lipinski definition) is 1. The summed E-state index contributed by atoms with van der Waals surface area (Å²) in [7, 11) is 1.26. The first-order chi connectivity index (χ1) is 11.1. The van der Waals surface area contributed by atoms with Gasteiger partial charge in [-0.2, -0.15) is 0 Å². The van der Waals surface area contributed by atoms with E-state index < -0.39 is 5.97 Å². The first-order valence-electron chi connectivity index (χ1n) is 7.02. The van der Waals surface area contributed by atoms with Crippen molar-refractivity contribution in [2.75, 3.05) is 7.11 Å². The van der Waals surface area contributed by atoms with Gasteiger partial charge in [0, 0.05) is 11.6 Å². The SMILES string of the molecule is COC(=O)c1ccc2cc(Cc3ccc(F)cc3)cnc2c1O. The van der Waals surface area contributed by atoms with Gasteiger partial charge in [0.2, 0.25) is 0 Å². The zero-order valence-corrected chi connectivity index (χ0v) is 12.4. The number of aromatic nitrogens is 1. The molecular weight excluding hydrogens is 297 g/mol. The summed E-state index contributed by atoms with van der Waals surface area (Å²) in [6.07, 6.45) is 2.23. The van der Waals surface area contributed by atoms with Gasteiger partial charge in [0.25, 0.3) is 0 Å². The number of phenolic OH excluding ortho intramolecular Hbond substituents is 1. The lowest BCUT2D eigenvalue weighted by molar-refractivity contribution is 0.0597. The third-order valence-electron chi connectivity index (χ3n) is 3.61. The van der Waals surface area contributed by atoms with Gasteiger partial charge in [0.05, 0.1) is 7.11 Å². The lowest BCUT2D eigenvalue weighted by Gasteiger charge is -2.08. The van der Waals surface area contributed by atoms with Crippen LogP contribution < -0.4 is 0 Å². The lowest BCUT2D eigenvalue weighted by Crippen LogP contribution is -2.02. The summed E-state index contributed by atoms with van der Waals surface area (Å²) in [6.45, 7) is 0.